The maximum atomic E-state index is 10.2. The van der Waals surface area contributed by atoms with Crippen LogP contribution in [0.4, 0.5) is 5.69 Å². The van der Waals surface area contributed by atoms with E-state index in [0.29, 0.717) is 0 Å². The SMILES string of the molecule is N#Cc1ccccc1N=S(=O)=O. The summed E-state index contributed by atoms with van der Waals surface area (Å²) >= 11 is 0. The van der Waals surface area contributed by atoms with Gasteiger partial charge in [0.25, 0.3) is 0 Å². The maximum Gasteiger partial charge on any atom is 0.316 e. The lowest BCUT2D eigenvalue weighted by Gasteiger charge is -1.90. The number of nitrogens with zero attached hydrogens (tertiary/aromatic N) is 2. The Morgan fingerprint density at radius 3 is 2.58 bits per heavy atom. The van der Waals surface area contributed by atoms with Crippen molar-refractivity contribution in [1.29, 1.82) is 5.26 Å². The summed E-state index contributed by atoms with van der Waals surface area (Å²) in [7, 11) is -2.50. The Kier molecular flexibility index (Phi) is 2.56. The highest BCUT2D eigenvalue weighted by Crippen LogP contribution is 2.16. The van der Waals surface area contributed by atoms with Gasteiger partial charge in [-0.05, 0) is 12.1 Å². The summed E-state index contributed by atoms with van der Waals surface area (Å²) in [5, 5.41) is 8.52. The average Bonchev–Trinajstić information content (AvgIpc) is 2.04. The molecule has 0 amide bonds. The van der Waals surface area contributed by atoms with Crippen molar-refractivity contribution in [1.82, 2.24) is 0 Å². The highest BCUT2D eigenvalue weighted by Gasteiger charge is 1.97. The predicted molar refractivity (Wildman–Crippen MR) is 42.2 cm³/mol. The first-order valence-electron chi connectivity index (χ1n) is 3.04. The number of hydrogen-bond acceptors (Lipinski definition) is 4. The Hall–Kier alpha value is -1.67. The quantitative estimate of drug-likeness (QED) is 0.653. The van der Waals surface area contributed by atoms with Crippen molar-refractivity contribution < 1.29 is 8.42 Å². The van der Waals surface area contributed by atoms with Crippen LogP contribution in [0.5, 0.6) is 0 Å². The molecule has 0 aromatic heterocycles. The fourth-order valence-electron chi connectivity index (χ4n) is 0.728. The van der Waals surface area contributed by atoms with Crippen LogP contribution in [-0.4, -0.2) is 8.42 Å². The summed E-state index contributed by atoms with van der Waals surface area (Å²) in [5.41, 5.74) is 0.426. The molecule has 0 spiro atoms. The van der Waals surface area contributed by atoms with Crippen LogP contribution in [-0.2, 0) is 10.5 Å². The summed E-state index contributed by atoms with van der Waals surface area (Å²) < 4.78 is 23.5. The fraction of sp³-hybridized carbons (Fsp3) is 0. The zero-order valence-corrected chi connectivity index (χ0v) is 6.75. The average molecular weight is 180 g/mol. The topological polar surface area (TPSA) is 70.3 Å². The monoisotopic (exact) mass is 180 g/mol. The molecule has 12 heavy (non-hydrogen) atoms. The molecular weight excluding hydrogens is 176 g/mol. The number of hydrogen-bond donors (Lipinski definition) is 0. The van der Waals surface area contributed by atoms with Crippen LogP contribution in [0.25, 0.3) is 0 Å². The first kappa shape index (κ1) is 8.43. The summed E-state index contributed by atoms with van der Waals surface area (Å²) in [6.07, 6.45) is 0. The van der Waals surface area contributed by atoms with Gasteiger partial charge in [-0.2, -0.15) is 13.7 Å². The molecule has 5 heteroatoms. The van der Waals surface area contributed by atoms with Gasteiger partial charge in [0.1, 0.15) is 6.07 Å². The molecule has 0 radical (unpaired) electrons. The first-order chi connectivity index (χ1) is 5.74. The normalized spacial score (nSPS) is 8.58. The lowest BCUT2D eigenvalue weighted by atomic mass is 10.2. The molecule has 1 aromatic rings. The van der Waals surface area contributed by atoms with E-state index in [1.54, 1.807) is 12.1 Å². The molecule has 0 aliphatic rings. The lowest BCUT2D eigenvalue weighted by molar-refractivity contribution is 0.622. The van der Waals surface area contributed by atoms with Crippen LogP contribution in [0, 0.1) is 11.3 Å². The van der Waals surface area contributed by atoms with Gasteiger partial charge in [0, 0.05) is 0 Å². The third-order valence-electron chi connectivity index (χ3n) is 1.20. The minimum atomic E-state index is -2.50. The molecule has 0 unspecified atom stereocenters. The molecule has 0 saturated heterocycles. The van der Waals surface area contributed by atoms with Gasteiger partial charge in [0.2, 0.25) is 0 Å². The van der Waals surface area contributed by atoms with E-state index in [1.165, 1.54) is 12.1 Å². The molecule has 0 fully saturated rings. The van der Waals surface area contributed by atoms with E-state index >= 15 is 0 Å². The van der Waals surface area contributed by atoms with Gasteiger partial charge in [0.15, 0.2) is 0 Å². The molecule has 0 saturated carbocycles. The summed E-state index contributed by atoms with van der Waals surface area (Å²) in [4.78, 5) is 0. The van der Waals surface area contributed by atoms with E-state index in [1.807, 2.05) is 6.07 Å². The van der Waals surface area contributed by atoms with Crippen molar-refractivity contribution in [3.63, 3.8) is 0 Å². The van der Waals surface area contributed by atoms with Crippen molar-refractivity contribution in [3.05, 3.63) is 29.8 Å². The zero-order valence-electron chi connectivity index (χ0n) is 5.93. The molecule has 1 aromatic carbocycles. The summed E-state index contributed by atoms with van der Waals surface area (Å²) in [5.74, 6) is 0. The Bertz CT molecular complexity index is 449. The Balaban J connectivity index is 3.35. The molecule has 60 valence electrons. The number of benzene rings is 1. The van der Waals surface area contributed by atoms with Gasteiger partial charge in [0.05, 0.1) is 11.3 Å². The first-order valence-corrected chi connectivity index (χ1v) is 4.07. The molecule has 0 aliphatic heterocycles. The standard InChI is InChI=1S/C7H4N2O2S/c8-5-6-3-1-2-4-7(6)9-12(10)11/h1-4H. The van der Waals surface area contributed by atoms with Crippen LogP contribution in [0.15, 0.2) is 28.6 Å². The van der Waals surface area contributed by atoms with E-state index in [0.717, 1.165) is 0 Å². The highest BCUT2D eigenvalue weighted by molar-refractivity contribution is 7.61. The summed E-state index contributed by atoms with van der Waals surface area (Å²) in [6, 6.07) is 8.07. The molecule has 1 rings (SSSR count). The van der Waals surface area contributed by atoms with E-state index in [4.69, 9.17) is 5.26 Å². The van der Waals surface area contributed by atoms with Gasteiger partial charge in [-0.1, -0.05) is 12.1 Å². The van der Waals surface area contributed by atoms with Gasteiger partial charge in [-0.25, -0.2) is 0 Å². The van der Waals surface area contributed by atoms with Crippen LogP contribution < -0.4 is 0 Å². The van der Waals surface area contributed by atoms with Crippen molar-refractivity contribution >= 4 is 16.2 Å². The minimum Gasteiger partial charge on any atom is -0.192 e. The van der Waals surface area contributed by atoms with E-state index in [2.05, 4.69) is 4.36 Å². The van der Waals surface area contributed by atoms with Gasteiger partial charge in [-0.15, -0.1) is 4.36 Å². The predicted octanol–water partition coefficient (Wildman–Crippen LogP) is 1.25. The highest BCUT2D eigenvalue weighted by atomic mass is 32.2. The Labute approximate surface area is 70.8 Å². The maximum absolute atomic E-state index is 10.2. The van der Waals surface area contributed by atoms with Crippen LogP contribution in [0.1, 0.15) is 5.56 Å². The minimum absolute atomic E-state index is 0.174. The van der Waals surface area contributed by atoms with E-state index in [9.17, 15) is 8.42 Å². The Morgan fingerprint density at radius 1 is 1.33 bits per heavy atom. The molecule has 0 heterocycles. The molecule has 0 bridgehead atoms. The van der Waals surface area contributed by atoms with Crippen molar-refractivity contribution in [2.24, 2.45) is 4.36 Å². The van der Waals surface area contributed by atoms with Crippen LogP contribution >= 0.6 is 0 Å². The Morgan fingerprint density at radius 2 is 2.00 bits per heavy atom. The summed E-state index contributed by atoms with van der Waals surface area (Å²) in [6.45, 7) is 0. The smallest absolute Gasteiger partial charge is 0.192 e. The second-order valence-electron chi connectivity index (χ2n) is 1.94. The number of rotatable bonds is 1. The molecular formula is C7H4N2O2S. The van der Waals surface area contributed by atoms with Crippen molar-refractivity contribution in [2.75, 3.05) is 0 Å². The molecule has 0 N–H and O–H groups in total. The number of nitriles is 1. The third kappa shape index (κ3) is 1.90. The van der Waals surface area contributed by atoms with Crippen molar-refractivity contribution in [2.45, 2.75) is 0 Å². The van der Waals surface area contributed by atoms with Gasteiger partial charge < -0.3 is 0 Å². The van der Waals surface area contributed by atoms with Crippen LogP contribution in [0.2, 0.25) is 0 Å². The second-order valence-corrected chi connectivity index (χ2v) is 2.55. The second kappa shape index (κ2) is 3.64. The van der Waals surface area contributed by atoms with Gasteiger partial charge >= 0.3 is 10.5 Å². The fourth-order valence-corrected chi connectivity index (χ4v) is 1.05. The molecule has 4 nitrogen and oxygen atoms in total. The largest absolute Gasteiger partial charge is 0.316 e. The van der Waals surface area contributed by atoms with Gasteiger partial charge in [-0.3, -0.25) is 0 Å². The van der Waals surface area contributed by atoms with Crippen LogP contribution in [0.3, 0.4) is 0 Å². The molecule has 0 aliphatic carbocycles. The van der Waals surface area contributed by atoms with Crippen molar-refractivity contribution in [3.8, 4) is 6.07 Å². The molecule has 0 atom stereocenters. The lowest BCUT2D eigenvalue weighted by Crippen LogP contribution is -1.73. The zero-order chi connectivity index (χ0) is 8.97. The third-order valence-corrected chi connectivity index (χ3v) is 1.54. The van der Waals surface area contributed by atoms with E-state index in [-0.39, 0.29) is 11.3 Å². The van der Waals surface area contributed by atoms with E-state index < -0.39 is 10.5 Å².